The topological polar surface area (TPSA) is 24.7 Å². The van der Waals surface area contributed by atoms with Crippen molar-refractivity contribution in [2.24, 2.45) is 9.98 Å². The molecular formula is C28H20N2. The van der Waals surface area contributed by atoms with Crippen molar-refractivity contribution < 1.29 is 0 Å². The zero-order valence-electron chi connectivity index (χ0n) is 16.8. The molecule has 2 heteroatoms. The summed E-state index contributed by atoms with van der Waals surface area (Å²) in [7, 11) is 0. The number of nitrogens with zero attached hydrogens (tertiary/aromatic N) is 2. The van der Waals surface area contributed by atoms with E-state index in [9.17, 15) is 0 Å². The van der Waals surface area contributed by atoms with E-state index in [4.69, 9.17) is 9.98 Å². The minimum Gasteiger partial charge on any atom is -0.246 e. The average Bonchev–Trinajstić information content (AvgIpc) is 2.96. The molecule has 142 valence electrons. The Labute approximate surface area is 176 Å². The third kappa shape index (κ3) is 2.57. The first kappa shape index (κ1) is 17.1. The van der Waals surface area contributed by atoms with E-state index in [1.807, 2.05) is 30.3 Å². The van der Waals surface area contributed by atoms with Crippen molar-refractivity contribution in [3.05, 3.63) is 119 Å². The summed E-state index contributed by atoms with van der Waals surface area (Å²) in [6.07, 6.45) is 0.883. The Morgan fingerprint density at radius 1 is 0.667 bits per heavy atom. The zero-order valence-corrected chi connectivity index (χ0v) is 16.8. The lowest BCUT2D eigenvalue weighted by Gasteiger charge is -2.24. The Kier molecular flexibility index (Phi) is 3.78. The number of hydrogen-bond acceptors (Lipinski definition) is 2. The Hall–Kier alpha value is -3.78. The number of benzene rings is 4. The molecular weight excluding hydrogens is 364 g/mol. The first-order valence-corrected chi connectivity index (χ1v) is 10.3. The maximum absolute atomic E-state index is 5.27. The molecule has 0 N–H and O–H groups in total. The summed E-state index contributed by atoms with van der Waals surface area (Å²) in [5.41, 5.74) is 12.6. The molecule has 0 atom stereocenters. The van der Waals surface area contributed by atoms with Crippen LogP contribution in [0.1, 0.15) is 27.8 Å². The van der Waals surface area contributed by atoms with Crippen molar-refractivity contribution in [1.82, 2.24) is 0 Å². The maximum Gasteiger partial charge on any atom is 0.0981 e. The van der Waals surface area contributed by atoms with Crippen LogP contribution < -0.4 is 0 Å². The summed E-state index contributed by atoms with van der Waals surface area (Å²) in [4.78, 5) is 10.4. The second-order valence-electron chi connectivity index (χ2n) is 7.90. The Morgan fingerprint density at radius 3 is 2.23 bits per heavy atom. The third-order valence-corrected chi connectivity index (χ3v) is 6.01. The second kappa shape index (κ2) is 6.64. The van der Waals surface area contributed by atoms with Gasteiger partial charge in [-0.05, 0) is 46.9 Å². The SMILES string of the molecule is Cc1cccc2c1N=C1C(=Nc3ccccc3)c3ccccc3-c3cccc(c31)C2. The minimum absolute atomic E-state index is 0.883. The Balaban J connectivity index is 1.74. The molecule has 30 heavy (non-hydrogen) atoms. The smallest absolute Gasteiger partial charge is 0.0981 e. The molecule has 1 aliphatic carbocycles. The minimum atomic E-state index is 0.883. The molecule has 0 saturated heterocycles. The van der Waals surface area contributed by atoms with Gasteiger partial charge >= 0.3 is 0 Å². The molecule has 2 aliphatic rings. The van der Waals surface area contributed by atoms with E-state index in [-0.39, 0.29) is 0 Å². The van der Waals surface area contributed by atoms with Crippen molar-refractivity contribution >= 4 is 22.8 Å². The average molecular weight is 384 g/mol. The van der Waals surface area contributed by atoms with E-state index >= 15 is 0 Å². The summed E-state index contributed by atoms with van der Waals surface area (Å²) < 4.78 is 0. The van der Waals surface area contributed by atoms with Crippen LogP contribution in [-0.4, -0.2) is 11.4 Å². The summed E-state index contributed by atoms with van der Waals surface area (Å²) in [5.74, 6) is 0. The predicted octanol–water partition coefficient (Wildman–Crippen LogP) is 6.82. The fraction of sp³-hybridized carbons (Fsp3) is 0.0714. The van der Waals surface area contributed by atoms with Crippen molar-refractivity contribution in [3.63, 3.8) is 0 Å². The monoisotopic (exact) mass is 384 g/mol. The molecule has 0 unspecified atom stereocenters. The van der Waals surface area contributed by atoms with Gasteiger partial charge < -0.3 is 0 Å². The summed E-state index contributed by atoms with van der Waals surface area (Å²) in [6, 6.07) is 31.8. The van der Waals surface area contributed by atoms with Gasteiger partial charge in [0.25, 0.3) is 0 Å². The molecule has 4 aromatic carbocycles. The second-order valence-corrected chi connectivity index (χ2v) is 7.90. The van der Waals surface area contributed by atoms with E-state index in [0.717, 1.165) is 34.8 Å². The largest absolute Gasteiger partial charge is 0.246 e. The van der Waals surface area contributed by atoms with E-state index in [1.54, 1.807) is 0 Å². The van der Waals surface area contributed by atoms with Crippen molar-refractivity contribution in [1.29, 1.82) is 0 Å². The predicted molar refractivity (Wildman–Crippen MR) is 125 cm³/mol. The van der Waals surface area contributed by atoms with Crippen LogP contribution in [0.3, 0.4) is 0 Å². The lowest BCUT2D eigenvalue weighted by molar-refractivity contribution is 1.18. The van der Waals surface area contributed by atoms with Gasteiger partial charge in [-0.1, -0.05) is 78.9 Å². The number of aryl methyl sites for hydroxylation is 1. The molecule has 0 radical (unpaired) electrons. The van der Waals surface area contributed by atoms with Crippen LogP contribution in [-0.2, 0) is 6.42 Å². The number of hydrogen-bond donors (Lipinski definition) is 0. The number of rotatable bonds is 1. The molecule has 0 amide bonds. The Bertz CT molecular complexity index is 1360. The molecule has 1 heterocycles. The van der Waals surface area contributed by atoms with E-state index in [2.05, 4.69) is 67.6 Å². The van der Waals surface area contributed by atoms with Gasteiger partial charge in [-0.3, -0.25) is 0 Å². The van der Waals surface area contributed by atoms with Crippen LogP contribution in [0, 0.1) is 6.92 Å². The van der Waals surface area contributed by atoms with Gasteiger partial charge in [0.15, 0.2) is 0 Å². The summed E-state index contributed by atoms with van der Waals surface area (Å²) in [6.45, 7) is 2.14. The van der Waals surface area contributed by atoms with Crippen LogP contribution in [0.4, 0.5) is 11.4 Å². The standard InChI is InChI=1S/C28H20N2/c1-18-9-7-11-20-17-19-10-8-16-23-22-14-5-6-15-24(22)27(28(25(19)23)30-26(18)20)29-21-12-3-2-4-13-21/h2-16H,17H2,1H3. The maximum atomic E-state index is 5.27. The molecule has 1 aliphatic heterocycles. The van der Waals surface area contributed by atoms with Gasteiger partial charge in [-0.15, -0.1) is 0 Å². The van der Waals surface area contributed by atoms with Crippen LogP contribution in [0.2, 0.25) is 0 Å². The normalized spacial score (nSPS) is 15.0. The zero-order chi connectivity index (χ0) is 20.1. The highest BCUT2D eigenvalue weighted by molar-refractivity contribution is 6.58. The van der Waals surface area contributed by atoms with Crippen LogP contribution in [0.25, 0.3) is 11.1 Å². The van der Waals surface area contributed by atoms with Gasteiger partial charge in [-0.2, -0.15) is 0 Å². The molecule has 2 nitrogen and oxygen atoms in total. The van der Waals surface area contributed by atoms with Gasteiger partial charge in [0.2, 0.25) is 0 Å². The van der Waals surface area contributed by atoms with Crippen molar-refractivity contribution in [2.75, 3.05) is 0 Å². The lowest BCUT2D eigenvalue weighted by Crippen LogP contribution is -2.24. The quantitative estimate of drug-likeness (QED) is 0.344. The Morgan fingerprint density at radius 2 is 1.37 bits per heavy atom. The molecule has 4 aromatic rings. The first-order chi connectivity index (χ1) is 14.8. The molecule has 6 rings (SSSR count). The number of aliphatic imine (C=N–C) groups is 2. The highest BCUT2D eigenvalue weighted by Crippen LogP contribution is 2.41. The van der Waals surface area contributed by atoms with E-state index in [1.165, 1.54) is 33.4 Å². The summed E-state index contributed by atoms with van der Waals surface area (Å²) >= 11 is 0. The third-order valence-electron chi connectivity index (χ3n) is 6.01. The fourth-order valence-electron chi connectivity index (χ4n) is 4.61. The van der Waals surface area contributed by atoms with Crippen LogP contribution in [0.5, 0.6) is 0 Å². The number of para-hydroxylation sites is 2. The lowest BCUT2D eigenvalue weighted by atomic mass is 9.80. The highest BCUT2D eigenvalue weighted by atomic mass is 14.8. The van der Waals surface area contributed by atoms with E-state index < -0.39 is 0 Å². The molecule has 0 saturated carbocycles. The molecule has 0 aromatic heterocycles. The van der Waals surface area contributed by atoms with Gasteiger partial charge in [0, 0.05) is 17.5 Å². The summed E-state index contributed by atoms with van der Waals surface area (Å²) in [5, 5.41) is 0. The first-order valence-electron chi connectivity index (χ1n) is 10.3. The highest BCUT2D eigenvalue weighted by Gasteiger charge is 2.31. The van der Waals surface area contributed by atoms with E-state index in [0.29, 0.717) is 0 Å². The van der Waals surface area contributed by atoms with Crippen LogP contribution >= 0.6 is 0 Å². The van der Waals surface area contributed by atoms with Crippen molar-refractivity contribution in [2.45, 2.75) is 13.3 Å². The van der Waals surface area contributed by atoms with Crippen LogP contribution in [0.15, 0.2) is 101 Å². The fourth-order valence-corrected chi connectivity index (χ4v) is 4.61. The molecule has 0 spiro atoms. The van der Waals surface area contributed by atoms with Gasteiger partial charge in [-0.25, -0.2) is 9.98 Å². The molecule has 0 fully saturated rings. The molecule has 0 bridgehead atoms. The van der Waals surface area contributed by atoms with Gasteiger partial charge in [0.1, 0.15) is 0 Å². The number of fused-ring (bicyclic) bond motifs is 3. The van der Waals surface area contributed by atoms with Crippen molar-refractivity contribution in [3.8, 4) is 11.1 Å². The van der Waals surface area contributed by atoms with Gasteiger partial charge in [0.05, 0.1) is 22.8 Å².